The summed E-state index contributed by atoms with van der Waals surface area (Å²) >= 11 is 3.31. The quantitative estimate of drug-likeness (QED) is 0.887. The molecule has 3 N–H and O–H groups in total. The van der Waals surface area contributed by atoms with Gasteiger partial charge in [0.1, 0.15) is 0 Å². The maximum atomic E-state index is 5.82. The van der Waals surface area contributed by atoms with Gasteiger partial charge in [-0.3, -0.25) is 4.98 Å². The fraction of sp³-hybridized carbons (Fsp3) is 0.0909. The monoisotopic (exact) mass is 278 g/mol. The summed E-state index contributed by atoms with van der Waals surface area (Å²) in [7, 11) is 0. The summed E-state index contributed by atoms with van der Waals surface area (Å²) in [6.45, 7) is 1.94. The van der Waals surface area contributed by atoms with Crippen LogP contribution in [0.25, 0.3) is 0 Å². The largest absolute Gasteiger partial charge is 0.396 e. The summed E-state index contributed by atoms with van der Waals surface area (Å²) in [6, 6.07) is 5.67. The molecule has 2 aromatic heterocycles. The van der Waals surface area contributed by atoms with E-state index in [9.17, 15) is 0 Å². The highest BCUT2D eigenvalue weighted by Crippen LogP contribution is 2.23. The smallest absolute Gasteiger partial charge is 0.153 e. The van der Waals surface area contributed by atoms with Crippen molar-refractivity contribution in [2.45, 2.75) is 6.92 Å². The van der Waals surface area contributed by atoms with Crippen molar-refractivity contribution in [2.24, 2.45) is 0 Å². The summed E-state index contributed by atoms with van der Waals surface area (Å²) in [4.78, 5) is 8.37. The van der Waals surface area contributed by atoms with Gasteiger partial charge < -0.3 is 11.1 Å². The summed E-state index contributed by atoms with van der Waals surface area (Å²) in [5.41, 5.74) is 8.26. The lowest BCUT2D eigenvalue weighted by Gasteiger charge is -2.08. The lowest BCUT2D eigenvalue weighted by Crippen LogP contribution is -1.99. The molecule has 0 bridgehead atoms. The summed E-state index contributed by atoms with van der Waals surface area (Å²) in [5, 5.41) is 3.11. The molecular weight excluding hydrogens is 268 g/mol. The van der Waals surface area contributed by atoms with Gasteiger partial charge in [0.15, 0.2) is 5.82 Å². The maximum Gasteiger partial charge on any atom is 0.153 e. The predicted molar refractivity (Wildman–Crippen MR) is 68.6 cm³/mol. The molecule has 0 aliphatic carbocycles. The second-order valence-electron chi connectivity index (χ2n) is 3.40. The van der Waals surface area contributed by atoms with Crippen LogP contribution in [0.3, 0.4) is 0 Å². The Morgan fingerprint density at radius 2 is 2.06 bits per heavy atom. The van der Waals surface area contributed by atoms with Crippen LogP contribution in [-0.4, -0.2) is 9.97 Å². The summed E-state index contributed by atoms with van der Waals surface area (Å²) in [5.74, 6) is 0.633. The van der Waals surface area contributed by atoms with Crippen LogP contribution in [0, 0.1) is 6.92 Å². The Labute approximate surface area is 102 Å². The number of anilines is 3. The second-order valence-corrected chi connectivity index (χ2v) is 4.32. The van der Waals surface area contributed by atoms with E-state index in [-0.39, 0.29) is 0 Å². The SMILES string of the molecule is Cc1ccc(Nc2ncc(Br)cc2N)cn1. The Morgan fingerprint density at radius 3 is 2.69 bits per heavy atom. The number of rotatable bonds is 2. The van der Waals surface area contributed by atoms with Crippen molar-refractivity contribution >= 4 is 33.1 Å². The fourth-order valence-corrected chi connectivity index (χ4v) is 1.59. The average Bonchev–Trinajstić information content (AvgIpc) is 2.25. The molecule has 2 heterocycles. The Morgan fingerprint density at radius 1 is 1.25 bits per heavy atom. The standard InChI is InChI=1S/C11H11BrN4/c1-7-2-3-9(6-14-7)16-11-10(13)4-8(12)5-15-11/h2-6H,13H2,1H3,(H,15,16). The van der Waals surface area contributed by atoms with Crippen molar-refractivity contribution in [3.05, 3.63) is 40.8 Å². The lowest BCUT2D eigenvalue weighted by molar-refractivity contribution is 1.19. The van der Waals surface area contributed by atoms with Gasteiger partial charge in [-0.2, -0.15) is 0 Å². The lowest BCUT2D eigenvalue weighted by atomic mass is 10.3. The molecule has 0 radical (unpaired) electrons. The minimum absolute atomic E-state index is 0.593. The molecule has 5 heteroatoms. The van der Waals surface area contributed by atoms with E-state index in [0.717, 1.165) is 15.9 Å². The van der Waals surface area contributed by atoms with Crippen molar-refractivity contribution < 1.29 is 0 Å². The van der Waals surface area contributed by atoms with Crippen LogP contribution in [0.5, 0.6) is 0 Å². The first-order chi connectivity index (χ1) is 7.65. The average molecular weight is 279 g/mol. The van der Waals surface area contributed by atoms with Crippen molar-refractivity contribution in [2.75, 3.05) is 11.1 Å². The topological polar surface area (TPSA) is 63.8 Å². The third-order valence-corrected chi connectivity index (χ3v) is 2.49. The van der Waals surface area contributed by atoms with E-state index in [1.807, 2.05) is 19.1 Å². The molecule has 0 amide bonds. The molecule has 0 aliphatic heterocycles. The summed E-state index contributed by atoms with van der Waals surface area (Å²) < 4.78 is 0.859. The number of hydrogen-bond acceptors (Lipinski definition) is 4. The molecule has 0 aromatic carbocycles. The molecule has 2 rings (SSSR count). The molecule has 16 heavy (non-hydrogen) atoms. The number of hydrogen-bond donors (Lipinski definition) is 2. The zero-order valence-electron chi connectivity index (χ0n) is 8.74. The first kappa shape index (κ1) is 10.9. The Hall–Kier alpha value is -1.62. The van der Waals surface area contributed by atoms with Crippen molar-refractivity contribution in [3.63, 3.8) is 0 Å². The van der Waals surface area contributed by atoms with E-state index in [2.05, 4.69) is 31.2 Å². The zero-order valence-corrected chi connectivity index (χ0v) is 10.3. The zero-order chi connectivity index (χ0) is 11.5. The molecule has 0 saturated carbocycles. The van der Waals surface area contributed by atoms with Gasteiger partial charge in [0.2, 0.25) is 0 Å². The van der Waals surface area contributed by atoms with Crippen molar-refractivity contribution in [1.82, 2.24) is 9.97 Å². The van der Waals surface area contributed by atoms with E-state index in [0.29, 0.717) is 11.5 Å². The van der Waals surface area contributed by atoms with Gasteiger partial charge in [-0.25, -0.2) is 4.98 Å². The molecule has 4 nitrogen and oxygen atoms in total. The number of aromatic nitrogens is 2. The van der Waals surface area contributed by atoms with Crippen molar-refractivity contribution in [1.29, 1.82) is 0 Å². The van der Waals surface area contributed by atoms with Gasteiger partial charge in [0, 0.05) is 16.4 Å². The second kappa shape index (κ2) is 4.49. The molecule has 0 saturated heterocycles. The number of nitrogens with one attached hydrogen (secondary N) is 1. The van der Waals surface area contributed by atoms with Gasteiger partial charge in [0.05, 0.1) is 17.6 Å². The van der Waals surface area contributed by atoms with Crippen LogP contribution < -0.4 is 11.1 Å². The van der Waals surface area contributed by atoms with Gasteiger partial charge in [-0.1, -0.05) is 0 Å². The third kappa shape index (κ3) is 2.49. The Bertz CT molecular complexity index is 496. The molecule has 82 valence electrons. The van der Waals surface area contributed by atoms with Crippen LogP contribution in [0.15, 0.2) is 35.1 Å². The number of pyridine rings is 2. The number of nitrogen functional groups attached to an aromatic ring is 1. The highest BCUT2D eigenvalue weighted by atomic mass is 79.9. The highest BCUT2D eigenvalue weighted by molar-refractivity contribution is 9.10. The maximum absolute atomic E-state index is 5.82. The molecule has 0 unspecified atom stereocenters. The number of aryl methyl sites for hydroxylation is 1. The molecule has 0 aliphatic rings. The Kier molecular flexibility index (Phi) is 3.05. The van der Waals surface area contributed by atoms with Gasteiger partial charge in [0.25, 0.3) is 0 Å². The van der Waals surface area contributed by atoms with E-state index in [1.165, 1.54) is 0 Å². The predicted octanol–water partition coefficient (Wildman–Crippen LogP) is 2.87. The number of halogens is 1. The van der Waals surface area contributed by atoms with Gasteiger partial charge in [-0.15, -0.1) is 0 Å². The first-order valence-corrected chi connectivity index (χ1v) is 5.55. The van der Waals surface area contributed by atoms with Crippen LogP contribution in [0.2, 0.25) is 0 Å². The summed E-state index contributed by atoms with van der Waals surface area (Å²) in [6.07, 6.45) is 3.44. The first-order valence-electron chi connectivity index (χ1n) is 4.76. The third-order valence-electron chi connectivity index (χ3n) is 2.06. The van der Waals surface area contributed by atoms with E-state index >= 15 is 0 Å². The van der Waals surface area contributed by atoms with E-state index in [4.69, 9.17) is 5.73 Å². The minimum atomic E-state index is 0.593. The molecule has 2 aromatic rings. The van der Waals surface area contributed by atoms with Crippen LogP contribution in [-0.2, 0) is 0 Å². The van der Waals surface area contributed by atoms with E-state index in [1.54, 1.807) is 18.5 Å². The molecular formula is C11H11BrN4. The molecule has 0 spiro atoms. The Balaban J connectivity index is 2.23. The van der Waals surface area contributed by atoms with Gasteiger partial charge >= 0.3 is 0 Å². The van der Waals surface area contributed by atoms with Crippen LogP contribution in [0.1, 0.15) is 5.69 Å². The molecule has 0 fully saturated rings. The normalized spacial score (nSPS) is 10.1. The number of nitrogens with two attached hydrogens (primary N) is 1. The van der Waals surface area contributed by atoms with Crippen LogP contribution >= 0.6 is 15.9 Å². The highest BCUT2D eigenvalue weighted by Gasteiger charge is 2.02. The minimum Gasteiger partial charge on any atom is -0.396 e. The molecule has 0 atom stereocenters. The fourth-order valence-electron chi connectivity index (χ4n) is 1.24. The van der Waals surface area contributed by atoms with Crippen molar-refractivity contribution in [3.8, 4) is 0 Å². The van der Waals surface area contributed by atoms with Crippen LogP contribution in [0.4, 0.5) is 17.2 Å². The van der Waals surface area contributed by atoms with Gasteiger partial charge in [-0.05, 0) is 41.1 Å². The number of nitrogens with zero attached hydrogens (tertiary/aromatic N) is 2. The van der Waals surface area contributed by atoms with E-state index < -0.39 is 0 Å².